The normalized spacial score (nSPS) is 24.4. The molecule has 0 amide bonds. The van der Waals surface area contributed by atoms with E-state index in [2.05, 4.69) is 24.4 Å². The van der Waals surface area contributed by atoms with Crippen molar-refractivity contribution in [2.45, 2.75) is 44.8 Å². The summed E-state index contributed by atoms with van der Waals surface area (Å²) in [4.78, 5) is 0. The summed E-state index contributed by atoms with van der Waals surface area (Å²) < 4.78 is 11.4. The molecule has 1 aliphatic rings. The van der Waals surface area contributed by atoms with Gasteiger partial charge in [-0.15, -0.1) is 0 Å². The molecule has 1 aliphatic carbocycles. The van der Waals surface area contributed by atoms with Crippen LogP contribution in [0.25, 0.3) is 0 Å². The highest BCUT2D eigenvalue weighted by molar-refractivity contribution is 5.30. The summed E-state index contributed by atoms with van der Waals surface area (Å²) in [6.07, 6.45) is 5.49. The Morgan fingerprint density at radius 2 is 2.20 bits per heavy atom. The van der Waals surface area contributed by atoms with Crippen LogP contribution >= 0.6 is 0 Å². The number of ether oxygens (including phenoxy) is 2. The zero-order valence-corrected chi connectivity index (χ0v) is 12.9. The van der Waals surface area contributed by atoms with Crippen LogP contribution in [0, 0.1) is 5.92 Å². The maximum atomic E-state index is 6.13. The number of likely N-dealkylation sites (N-methyl/N-ethyl adjacent to an activating group) is 1. The van der Waals surface area contributed by atoms with E-state index in [1.165, 1.54) is 31.2 Å². The van der Waals surface area contributed by atoms with E-state index in [4.69, 9.17) is 9.47 Å². The molecule has 0 aromatic heterocycles. The van der Waals surface area contributed by atoms with Gasteiger partial charge in [-0.1, -0.05) is 31.9 Å². The summed E-state index contributed by atoms with van der Waals surface area (Å²) in [6, 6.07) is 8.42. The summed E-state index contributed by atoms with van der Waals surface area (Å²) in [5.41, 5.74) is 1.22. The Morgan fingerprint density at radius 3 is 2.90 bits per heavy atom. The average Bonchev–Trinajstić information content (AvgIpc) is 2.48. The third kappa shape index (κ3) is 4.22. The minimum Gasteiger partial charge on any atom is -0.497 e. The van der Waals surface area contributed by atoms with Crippen LogP contribution in [-0.4, -0.2) is 26.9 Å². The predicted molar refractivity (Wildman–Crippen MR) is 82.2 cm³/mol. The van der Waals surface area contributed by atoms with E-state index in [0.29, 0.717) is 6.10 Å². The number of nitrogens with one attached hydrogen (secondary N) is 1. The summed E-state index contributed by atoms with van der Waals surface area (Å²) in [7, 11) is 3.68. The van der Waals surface area contributed by atoms with Gasteiger partial charge in [-0.25, -0.2) is 0 Å². The molecule has 1 N–H and O–H groups in total. The lowest BCUT2D eigenvalue weighted by Crippen LogP contribution is -2.28. The van der Waals surface area contributed by atoms with Crippen molar-refractivity contribution in [2.24, 2.45) is 5.92 Å². The molecule has 0 bridgehead atoms. The molecule has 3 heteroatoms. The highest BCUT2D eigenvalue weighted by Crippen LogP contribution is 2.27. The zero-order valence-electron chi connectivity index (χ0n) is 12.9. The standard InChI is InChI=1S/C17H27NO2/c1-13-6-4-9-16(10-13)20-12-17(18-2)14-7-5-8-15(11-14)19-3/h5,7-8,11,13,16-18H,4,6,9-10,12H2,1-3H3. The van der Waals surface area contributed by atoms with Crippen LogP contribution in [0.1, 0.15) is 44.2 Å². The molecule has 0 radical (unpaired) electrons. The second-order valence-electron chi connectivity index (χ2n) is 5.84. The lowest BCUT2D eigenvalue weighted by molar-refractivity contribution is 0.00486. The maximum absolute atomic E-state index is 6.13. The fourth-order valence-corrected chi connectivity index (χ4v) is 2.97. The van der Waals surface area contributed by atoms with E-state index < -0.39 is 0 Å². The van der Waals surface area contributed by atoms with Crippen LogP contribution in [0.15, 0.2) is 24.3 Å². The van der Waals surface area contributed by atoms with Crippen LogP contribution in [0.2, 0.25) is 0 Å². The van der Waals surface area contributed by atoms with E-state index in [1.807, 2.05) is 19.2 Å². The molecule has 3 atom stereocenters. The molecule has 2 rings (SSSR count). The minimum absolute atomic E-state index is 0.224. The molecule has 0 spiro atoms. The van der Waals surface area contributed by atoms with Crippen molar-refractivity contribution in [3.05, 3.63) is 29.8 Å². The molecule has 1 aromatic carbocycles. The Morgan fingerprint density at radius 1 is 1.35 bits per heavy atom. The van der Waals surface area contributed by atoms with Crippen molar-refractivity contribution in [2.75, 3.05) is 20.8 Å². The average molecular weight is 277 g/mol. The summed E-state index contributed by atoms with van der Waals surface area (Å²) >= 11 is 0. The molecule has 1 saturated carbocycles. The van der Waals surface area contributed by atoms with Gasteiger partial charge in [0.15, 0.2) is 0 Å². The van der Waals surface area contributed by atoms with Gasteiger partial charge in [-0.2, -0.15) is 0 Å². The molecule has 112 valence electrons. The molecule has 0 saturated heterocycles. The zero-order chi connectivity index (χ0) is 14.4. The molecule has 1 aromatic rings. The number of benzene rings is 1. The number of rotatable bonds is 6. The molecule has 0 heterocycles. The van der Waals surface area contributed by atoms with Crippen LogP contribution in [-0.2, 0) is 4.74 Å². The van der Waals surface area contributed by atoms with Gasteiger partial charge >= 0.3 is 0 Å². The smallest absolute Gasteiger partial charge is 0.119 e. The van der Waals surface area contributed by atoms with Gasteiger partial charge in [0.2, 0.25) is 0 Å². The summed E-state index contributed by atoms with van der Waals surface area (Å²) in [5, 5.41) is 3.34. The Kier molecular flexibility index (Phi) is 5.86. The number of methoxy groups -OCH3 is 1. The van der Waals surface area contributed by atoms with E-state index in [0.717, 1.165) is 18.3 Å². The van der Waals surface area contributed by atoms with Crippen molar-refractivity contribution in [1.82, 2.24) is 5.32 Å². The molecular weight excluding hydrogens is 250 g/mol. The number of hydrogen-bond acceptors (Lipinski definition) is 3. The Labute approximate surface area is 122 Å². The van der Waals surface area contributed by atoms with Crippen LogP contribution in [0.5, 0.6) is 5.75 Å². The first-order chi connectivity index (χ1) is 9.72. The molecule has 20 heavy (non-hydrogen) atoms. The Balaban J connectivity index is 1.91. The van der Waals surface area contributed by atoms with Gasteiger partial charge in [0.1, 0.15) is 5.75 Å². The summed E-state index contributed by atoms with van der Waals surface area (Å²) in [6.45, 7) is 3.05. The van der Waals surface area contributed by atoms with Crippen molar-refractivity contribution >= 4 is 0 Å². The van der Waals surface area contributed by atoms with Gasteiger partial charge in [0.05, 0.1) is 25.9 Å². The molecule has 1 fully saturated rings. The second-order valence-corrected chi connectivity index (χ2v) is 5.84. The second kappa shape index (κ2) is 7.65. The first-order valence-electron chi connectivity index (χ1n) is 7.65. The van der Waals surface area contributed by atoms with Crippen molar-refractivity contribution < 1.29 is 9.47 Å². The largest absolute Gasteiger partial charge is 0.497 e. The fourth-order valence-electron chi connectivity index (χ4n) is 2.97. The number of hydrogen-bond donors (Lipinski definition) is 1. The van der Waals surface area contributed by atoms with Crippen molar-refractivity contribution in [3.8, 4) is 5.75 Å². The van der Waals surface area contributed by atoms with Gasteiger partial charge in [-0.3, -0.25) is 0 Å². The maximum Gasteiger partial charge on any atom is 0.119 e. The topological polar surface area (TPSA) is 30.5 Å². The first-order valence-corrected chi connectivity index (χ1v) is 7.65. The molecular formula is C17H27NO2. The van der Waals surface area contributed by atoms with Gasteiger partial charge in [-0.05, 0) is 43.5 Å². The Bertz CT molecular complexity index is 408. The van der Waals surface area contributed by atoms with E-state index in [1.54, 1.807) is 7.11 Å². The van der Waals surface area contributed by atoms with Crippen molar-refractivity contribution in [1.29, 1.82) is 0 Å². The third-order valence-electron chi connectivity index (χ3n) is 4.23. The van der Waals surface area contributed by atoms with Crippen LogP contribution in [0.4, 0.5) is 0 Å². The quantitative estimate of drug-likeness (QED) is 0.862. The highest BCUT2D eigenvalue weighted by Gasteiger charge is 2.21. The first kappa shape index (κ1) is 15.3. The SMILES string of the molecule is CNC(COC1CCCC(C)C1)c1cccc(OC)c1. The van der Waals surface area contributed by atoms with Gasteiger partial charge in [0.25, 0.3) is 0 Å². The van der Waals surface area contributed by atoms with Crippen molar-refractivity contribution in [3.63, 3.8) is 0 Å². The van der Waals surface area contributed by atoms with E-state index >= 15 is 0 Å². The van der Waals surface area contributed by atoms with Crippen LogP contribution in [0.3, 0.4) is 0 Å². The summed E-state index contributed by atoms with van der Waals surface area (Å²) in [5.74, 6) is 1.70. The van der Waals surface area contributed by atoms with Gasteiger partial charge in [0, 0.05) is 0 Å². The molecule has 3 nitrogen and oxygen atoms in total. The fraction of sp³-hybridized carbons (Fsp3) is 0.647. The minimum atomic E-state index is 0.224. The lowest BCUT2D eigenvalue weighted by Gasteiger charge is -2.28. The van der Waals surface area contributed by atoms with Crippen LogP contribution < -0.4 is 10.1 Å². The highest BCUT2D eigenvalue weighted by atomic mass is 16.5. The van der Waals surface area contributed by atoms with E-state index in [9.17, 15) is 0 Å². The monoisotopic (exact) mass is 277 g/mol. The Hall–Kier alpha value is -1.06. The molecule has 3 unspecified atom stereocenters. The van der Waals surface area contributed by atoms with E-state index in [-0.39, 0.29) is 6.04 Å². The molecule has 0 aliphatic heterocycles. The predicted octanol–water partition coefficient (Wildman–Crippen LogP) is 3.55. The third-order valence-corrected chi connectivity index (χ3v) is 4.23. The lowest BCUT2D eigenvalue weighted by atomic mass is 9.89. The van der Waals surface area contributed by atoms with Gasteiger partial charge < -0.3 is 14.8 Å².